The van der Waals surface area contributed by atoms with E-state index >= 15 is 0 Å². The highest BCUT2D eigenvalue weighted by atomic mass is 35.5. The number of rotatable bonds is 6. The molecule has 114 valence electrons. The number of nitro benzene ring substituents is 1. The number of halogens is 1. The van der Waals surface area contributed by atoms with Crippen LogP contribution in [0.1, 0.15) is 12.0 Å². The molecule has 6 heteroatoms. The minimum absolute atomic E-state index is 0.0132. The third-order valence-electron chi connectivity index (χ3n) is 3.25. The number of alkyl halides is 1. The number of hydrogen-bond donors (Lipinski definition) is 1. The van der Waals surface area contributed by atoms with Gasteiger partial charge in [0.1, 0.15) is 0 Å². The molecule has 0 bridgehead atoms. The standard InChI is InChI=1S/C16H14ClNO4/c17-12(10-16(19)20)9-11-5-1-2-6-13(11)14-7-3-4-8-15(14)18(21)22/h1-8,12H,9-10H2,(H,19,20). The van der Waals surface area contributed by atoms with Crippen molar-refractivity contribution >= 4 is 23.3 Å². The van der Waals surface area contributed by atoms with Crippen LogP contribution in [0.5, 0.6) is 0 Å². The lowest BCUT2D eigenvalue weighted by molar-refractivity contribution is -0.384. The van der Waals surface area contributed by atoms with Crippen LogP contribution in [-0.4, -0.2) is 21.4 Å². The zero-order chi connectivity index (χ0) is 16.1. The molecular formula is C16H14ClNO4. The first-order valence-electron chi connectivity index (χ1n) is 6.66. The average molecular weight is 320 g/mol. The van der Waals surface area contributed by atoms with Crippen LogP contribution in [0.25, 0.3) is 11.1 Å². The minimum atomic E-state index is -0.969. The van der Waals surface area contributed by atoms with E-state index in [1.54, 1.807) is 36.4 Å². The van der Waals surface area contributed by atoms with Gasteiger partial charge in [-0.2, -0.15) is 0 Å². The largest absolute Gasteiger partial charge is 0.481 e. The molecule has 22 heavy (non-hydrogen) atoms. The number of para-hydroxylation sites is 1. The Morgan fingerprint density at radius 3 is 2.36 bits per heavy atom. The normalized spacial score (nSPS) is 11.9. The maximum atomic E-state index is 11.2. The summed E-state index contributed by atoms with van der Waals surface area (Å²) in [7, 11) is 0. The Kier molecular flexibility index (Phi) is 5.12. The Morgan fingerprint density at radius 2 is 1.73 bits per heavy atom. The van der Waals surface area contributed by atoms with Crippen LogP contribution in [0.3, 0.4) is 0 Å². The minimum Gasteiger partial charge on any atom is -0.481 e. The van der Waals surface area contributed by atoms with E-state index < -0.39 is 16.3 Å². The number of aliphatic carboxylic acids is 1. The summed E-state index contributed by atoms with van der Waals surface area (Å²) in [6, 6.07) is 13.6. The molecule has 0 aliphatic rings. The lowest BCUT2D eigenvalue weighted by atomic mass is 9.95. The van der Waals surface area contributed by atoms with Crippen molar-refractivity contribution in [1.82, 2.24) is 0 Å². The van der Waals surface area contributed by atoms with Gasteiger partial charge >= 0.3 is 5.97 Å². The van der Waals surface area contributed by atoms with Crippen LogP contribution in [0.4, 0.5) is 5.69 Å². The number of hydrogen-bond acceptors (Lipinski definition) is 3. The van der Waals surface area contributed by atoms with Crippen LogP contribution in [-0.2, 0) is 11.2 Å². The molecule has 1 unspecified atom stereocenters. The lowest BCUT2D eigenvalue weighted by Gasteiger charge is -2.12. The summed E-state index contributed by atoms with van der Waals surface area (Å²) in [4.78, 5) is 21.5. The third-order valence-corrected chi connectivity index (χ3v) is 3.55. The van der Waals surface area contributed by atoms with Crippen molar-refractivity contribution in [2.24, 2.45) is 0 Å². The van der Waals surface area contributed by atoms with Crippen LogP contribution < -0.4 is 0 Å². The van der Waals surface area contributed by atoms with Gasteiger partial charge in [0.05, 0.1) is 16.9 Å². The molecule has 0 fully saturated rings. The predicted molar refractivity (Wildman–Crippen MR) is 84.1 cm³/mol. The van der Waals surface area contributed by atoms with Gasteiger partial charge in [-0.3, -0.25) is 14.9 Å². The highest BCUT2D eigenvalue weighted by Gasteiger charge is 2.18. The summed E-state index contributed by atoms with van der Waals surface area (Å²) >= 11 is 6.06. The van der Waals surface area contributed by atoms with E-state index in [0.29, 0.717) is 17.5 Å². The van der Waals surface area contributed by atoms with Gasteiger partial charge in [-0.15, -0.1) is 11.6 Å². The maximum absolute atomic E-state index is 11.2. The molecule has 0 aliphatic carbocycles. The van der Waals surface area contributed by atoms with E-state index in [4.69, 9.17) is 16.7 Å². The van der Waals surface area contributed by atoms with Crippen molar-refractivity contribution < 1.29 is 14.8 Å². The van der Waals surface area contributed by atoms with Gasteiger partial charge in [-0.05, 0) is 23.6 Å². The molecule has 0 amide bonds. The first-order chi connectivity index (χ1) is 10.5. The van der Waals surface area contributed by atoms with Gasteiger partial charge in [0.2, 0.25) is 0 Å². The molecule has 1 N–H and O–H groups in total. The van der Waals surface area contributed by atoms with Crippen molar-refractivity contribution in [3.8, 4) is 11.1 Å². The SMILES string of the molecule is O=C(O)CC(Cl)Cc1ccccc1-c1ccccc1[N+](=O)[O-]. The molecule has 0 spiro atoms. The molecule has 0 radical (unpaired) electrons. The van der Waals surface area contributed by atoms with Gasteiger partial charge in [-0.1, -0.05) is 36.4 Å². The number of nitro groups is 1. The second-order valence-corrected chi connectivity index (χ2v) is 5.45. The van der Waals surface area contributed by atoms with E-state index in [1.807, 2.05) is 6.07 Å². The summed E-state index contributed by atoms with van der Waals surface area (Å²) in [5.74, 6) is -0.969. The topological polar surface area (TPSA) is 80.4 Å². The van der Waals surface area contributed by atoms with E-state index in [9.17, 15) is 14.9 Å². The maximum Gasteiger partial charge on any atom is 0.304 e. The van der Waals surface area contributed by atoms with Crippen LogP contribution in [0, 0.1) is 10.1 Å². The smallest absolute Gasteiger partial charge is 0.304 e. The zero-order valence-electron chi connectivity index (χ0n) is 11.6. The van der Waals surface area contributed by atoms with Crippen LogP contribution >= 0.6 is 11.6 Å². The molecule has 0 aliphatic heterocycles. The lowest BCUT2D eigenvalue weighted by Crippen LogP contribution is -2.10. The molecule has 5 nitrogen and oxygen atoms in total. The fourth-order valence-corrected chi connectivity index (χ4v) is 2.62. The summed E-state index contributed by atoms with van der Waals surface area (Å²) in [5, 5.41) is 19.4. The fraction of sp³-hybridized carbons (Fsp3) is 0.188. The highest BCUT2D eigenvalue weighted by molar-refractivity contribution is 6.21. The van der Waals surface area contributed by atoms with E-state index in [-0.39, 0.29) is 12.1 Å². The highest BCUT2D eigenvalue weighted by Crippen LogP contribution is 2.33. The second-order valence-electron chi connectivity index (χ2n) is 4.83. The van der Waals surface area contributed by atoms with Crippen LogP contribution in [0.15, 0.2) is 48.5 Å². The number of benzene rings is 2. The molecule has 0 saturated carbocycles. The van der Waals surface area contributed by atoms with E-state index in [1.165, 1.54) is 6.07 Å². The fourth-order valence-electron chi connectivity index (χ4n) is 2.32. The van der Waals surface area contributed by atoms with Gasteiger partial charge < -0.3 is 5.11 Å². The van der Waals surface area contributed by atoms with Gasteiger partial charge in [0.15, 0.2) is 0 Å². The Hall–Kier alpha value is -2.40. The average Bonchev–Trinajstić information content (AvgIpc) is 2.47. The molecule has 2 aromatic carbocycles. The van der Waals surface area contributed by atoms with E-state index in [2.05, 4.69) is 0 Å². The Morgan fingerprint density at radius 1 is 1.14 bits per heavy atom. The van der Waals surface area contributed by atoms with Gasteiger partial charge in [-0.25, -0.2) is 0 Å². The van der Waals surface area contributed by atoms with Crippen LogP contribution in [0.2, 0.25) is 0 Å². The molecule has 0 heterocycles. The van der Waals surface area contributed by atoms with Crippen molar-refractivity contribution in [3.05, 3.63) is 64.2 Å². The Labute approximate surface area is 132 Å². The van der Waals surface area contributed by atoms with Gasteiger partial charge in [0.25, 0.3) is 5.69 Å². The molecule has 0 aromatic heterocycles. The number of carboxylic acids is 1. The summed E-state index contributed by atoms with van der Waals surface area (Å²) in [6.45, 7) is 0. The number of carbonyl (C=O) groups is 1. The second kappa shape index (κ2) is 7.04. The summed E-state index contributed by atoms with van der Waals surface area (Å²) in [5.41, 5.74) is 2.01. The Bertz CT molecular complexity index is 702. The number of carboxylic acid groups (broad SMARTS) is 1. The first-order valence-corrected chi connectivity index (χ1v) is 7.10. The molecule has 2 aromatic rings. The number of nitrogens with zero attached hydrogens (tertiary/aromatic N) is 1. The summed E-state index contributed by atoms with van der Waals surface area (Å²) in [6.07, 6.45) is 0.169. The Balaban J connectivity index is 2.41. The first kappa shape index (κ1) is 16.0. The molecule has 2 rings (SSSR count). The molecular weight excluding hydrogens is 306 g/mol. The van der Waals surface area contributed by atoms with Gasteiger partial charge in [0, 0.05) is 11.4 Å². The van der Waals surface area contributed by atoms with Crippen molar-refractivity contribution in [1.29, 1.82) is 0 Å². The predicted octanol–water partition coefficient (Wildman–Crippen LogP) is 3.89. The zero-order valence-corrected chi connectivity index (χ0v) is 12.4. The van der Waals surface area contributed by atoms with E-state index in [0.717, 1.165) is 5.56 Å². The third kappa shape index (κ3) is 3.83. The molecule has 1 atom stereocenters. The monoisotopic (exact) mass is 319 g/mol. The van der Waals surface area contributed by atoms with Crippen molar-refractivity contribution in [2.45, 2.75) is 18.2 Å². The quantitative estimate of drug-likeness (QED) is 0.497. The summed E-state index contributed by atoms with van der Waals surface area (Å²) < 4.78 is 0. The molecule has 0 saturated heterocycles. The van der Waals surface area contributed by atoms with Crippen molar-refractivity contribution in [2.75, 3.05) is 0 Å². The van der Waals surface area contributed by atoms with Crippen molar-refractivity contribution in [3.63, 3.8) is 0 Å².